The number of hydrogen-bond acceptors (Lipinski definition) is 4. The third-order valence-corrected chi connectivity index (χ3v) is 8.31. The average Bonchev–Trinajstić information content (AvgIpc) is 2.21. The van der Waals surface area contributed by atoms with Crippen LogP contribution in [0.3, 0.4) is 0 Å². The molecule has 0 aliphatic carbocycles. The van der Waals surface area contributed by atoms with Gasteiger partial charge >= 0.3 is 8.60 Å². The first kappa shape index (κ1) is 16.3. The third kappa shape index (κ3) is 9.04. The van der Waals surface area contributed by atoms with Crippen LogP contribution in [0.4, 0.5) is 0 Å². The summed E-state index contributed by atoms with van der Waals surface area (Å²) >= 11 is 1.09. The molecule has 0 radical (unpaired) electrons. The van der Waals surface area contributed by atoms with Crippen molar-refractivity contribution in [1.82, 2.24) is 0 Å². The Morgan fingerprint density at radius 3 is 2.00 bits per heavy atom. The van der Waals surface area contributed by atoms with Crippen LogP contribution in [0.1, 0.15) is 39.5 Å². The molecule has 0 unspecified atom stereocenters. The van der Waals surface area contributed by atoms with Gasteiger partial charge in [0.25, 0.3) is 0 Å². The lowest BCUT2D eigenvalue weighted by atomic mass is 10.4. The Morgan fingerprint density at radius 2 is 1.67 bits per heavy atom. The molecule has 0 bridgehead atoms. The van der Waals surface area contributed by atoms with Gasteiger partial charge in [0, 0.05) is 11.5 Å². The summed E-state index contributed by atoms with van der Waals surface area (Å²) in [6, 6.07) is 0. The normalized spacial score (nSPS) is 13.5. The van der Waals surface area contributed by atoms with E-state index >= 15 is 0 Å². The second-order valence-corrected chi connectivity index (χ2v) is 11.4. The van der Waals surface area contributed by atoms with E-state index in [1.165, 1.54) is 0 Å². The van der Waals surface area contributed by atoms with E-state index in [9.17, 15) is 0 Å². The molecule has 7 heteroatoms. The van der Waals surface area contributed by atoms with Crippen LogP contribution in [0, 0.1) is 0 Å². The molecular formula is C8H20ClO3PS2. The van der Waals surface area contributed by atoms with E-state index in [1.54, 1.807) is 0 Å². The van der Waals surface area contributed by atoms with Crippen LogP contribution in [0.2, 0.25) is 0 Å². The Kier molecular flexibility index (Phi) is 10.2. The lowest BCUT2D eigenvalue weighted by molar-refractivity contribution is 0.399. The predicted octanol–water partition coefficient (Wildman–Crippen LogP) is 4.34. The maximum atomic E-state index is 8.70. The monoisotopic (exact) mass is 294 g/mol. The fourth-order valence-electron chi connectivity index (χ4n) is 0.972. The Morgan fingerprint density at radius 1 is 1.20 bits per heavy atom. The van der Waals surface area contributed by atoms with E-state index in [4.69, 9.17) is 24.4 Å². The van der Waals surface area contributed by atoms with E-state index in [1.807, 2.05) is 0 Å². The fraction of sp³-hybridized carbons (Fsp3) is 1.00. The number of hydrogen-bond donors (Lipinski definition) is 2. The second kappa shape index (κ2) is 9.34. The number of unbranched alkanes of at least 4 members (excludes halogenated alkanes) is 2. The molecule has 0 aliphatic heterocycles. The van der Waals surface area contributed by atoms with Crippen LogP contribution in [0.15, 0.2) is 0 Å². The van der Waals surface area contributed by atoms with Crippen molar-refractivity contribution >= 4 is 38.6 Å². The zero-order valence-corrected chi connectivity index (χ0v) is 12.5. The third-order valence-electron chi connectivity index (χ3n) is 1.82. The van der Waals surface area contributed by atoms with Crippen LogP contribution in [-0.2, 0) is 3.97 Å². The van der Waals surface area contributed by atoms with Crippen LogP contribution in [0.25, 0.3) is 0 Å². The van der Waals surface area contributed by atoms with Crippen LogP contribution >= 0.6 is 38.6 Å². The molecule has 0 aliphatic rings. The Hall–Kier alpha value is 1.30. The highest BCUT2D eigenvalue weighted by atomic mass is 35.8. The van der Waals surface area contributed by atoms with Gasteiger partial charge in [-0.3, -0.25) is 0 Å². The molecule has 0 saturated carbocycles. The van der Waals surface area contributed by atoms with Gasteiger partial charge in [-0.15, -0.1) is 0 Å². The Labute approximate surface area is 103 Å². The molecule has 15 heavy (non-hydrogen) atoms. The van der Waals surface area contributed by atoms with Crippen LogP contribution in [0.5, 0.6) is 0 Å². The average molecular weight is 295 g/mol. The summed E-state index contributed by atoms with van der Waals surface area (Å²) in [6.07, 6.45) is 4.32. The first-order valence-corrected chi connectivity index (χ1v) is 10.3. The highest BCUT2D eigenvalue weighted by Gasteiger charge is 2.23. The molecule has 0 atom stereocenters. The van der Waals surface area contributed by atoms with Crippen molar-refractivity contribution in [1.29, 1.82) is 0 Å². The summed E-state index contributed by atoms with van der Waals surface area (Å²) < 4.78 is 4.80. The Bertz CT molecular complexity index is 155. The van der Waals surface area contributed by atoms with Gasteiger partial charge in [0.2, 0.25) is 0 Å². The number of rotatable bonds is 9. The van der Waals surface area contributed by atoms with Gasteiger partial charge in [-0.2, -0.15) is 0 Å². The minimum atomic E-state index is -2.30. The minimum Gasteiger partial charge on any atom is -0.327 e. The quantitative estimate of drug-likeness (QED) is 0.377. The van der Waals surface area contributed by atoms with Crippen molar-refractivity contribution in [3.63, 3.8) is 0 Å². The van der Waals surface area contributed by atoms with Gasteiger partial charge in [-0.25, -0.2) is 3.97 Å². The van der Waals surface area contributed by atoms with Gasteiger partial charge in [-0.05, 0) is 12.8 Å². The zero-order chi connectivity index (χ0) is 11.7. The fourth-order valence-corrected chi connectivity index (χ4v) is 7.27. The van der Waals surface area contributed by atoms with Crippen molar-refractivity contribution in [2.45, 2.75) is 39.5 Å². The van der Waals surface area contributed by atoms with E-state index < -0.39 is 16.9 Å². The van der Waals surface area contributed by atoms with Gasteiger partial charge in [0.05, 0.1) is 11.1 Å². The summed E-state index contributed by atoms with van der Waals surface area (Å²) in [5.74, 6) is 1.83. The molecule has 0 amide bonds. The molecule has 0 aromatic carbocycles. The first-order valence-electron chi connectivity index (χ1n) is 5.06. The molecule has 0 rings (SSSR count). The molecule has 0 saturated heterocycles. The lowest BCUT2D eigenvalue weighted by Crippen LogP contribution is -2.00. The smallest absolute Gasteiger partial charge is 0.327 e. The van der Waals surface area contributed by atoms with Crippen molar-refractivity contribution < 1.29 is 13.8 Å². The molecule has 0 spiro atoms. The first-order chi connectivity index (χ1) is 7.04. The summed E-state index contributed by atoms with van der Waals surface area (Å²) in [7, 11) is 2.76. The Balaban J connectivity index is 4.01. The standard InChI is InChI=1S/C8H20ClO3PS2/c1-3-5-7-15(9,8-6-4-2)14-12-13(10)11/h10-11H,3-8H2,1-2H3. The predicted molar refractivity (Wildman–Crippen MR) is 73.0 cm³/mol. The summed E-state index contributed by atoms with van der Waals surface area (Å²) in [5, 5.41) is 0. The molecule has 0 aromatic rings. The SMILES string of the molecule is CCCCS(Cl)(CCCC)SOP(O)O. The van der Waals surface area contributed by atoms with Crippen molar-refractivity contribution in [3.8, 4) is 0 Å². The van der Waals surface area contributed by atoms with Crippen molar-refractivity contribution in [2.75, 3.05) is 11.5 Å². The maximum absolute atomic E-state index is 8.70. The van der Waals surface area contributed by atoms with Gasteiger partial charge in [0.15, 0.2) is 0 Å². The van der Waals surface area contributed by atoms with E-state index in [0.29, 0.717) is 0 Å². The molecule has 3 nitrogen and oxygen atoms in total. The van der Waals surface area contributed by atoms with Gasteiger partial charge < -0.3 is 9.79 Å². The molecule has 0 fully saturated rings. The minimum absolute atomic E-state index is 0.916. The van der Waals surface area contributed by atoms with Gasteiger partial charge in [0.1, 0.15) is 0 Å². The lowest BCUT2D eigenvalue weighted by Gasteiger charge is -2.30. The van der Waals surface area contributed by atoms with E-state index in [-0.39, 0.29) is 0 Å². The van der Waals surface area contributed by atoms with E-state index in [2.05, 4.69) is 13.8 Å². The molecule has 2 N–H and O–H groups in total. The summed E-state index contributed by atoms with van der Waals surface area (Å²) in [4.78, 5) is 17.4. The molecule has 94 valence electrons. The van der Waals surface area contributed by atoms with E-state index in [0.717, 1.165) is 48.3 Å². The molecule has 0 heterocycles. The maximum Gasteiger partial charge on any atom is 0.340 e. The van der Waals surface area contributed by atoms with Crippen LogP contribution in [-0.4, -0.2) is 21.3 Å². The second-order valence-electron chi connectivity index (χ2n) is 3.23. The highest BCUT2D eigenvalue weighted by molar-refractivity contribution is 9.01. The highest BCUT2D eigenvalue weighted by Crippen LogP contribution is 2.67. The summed E-state index contributed by atoms with van der Waals surface area (Å²) in [6.45, 7) is 4.24. The largest absolute Gasteiger partial charge is 0.340 e. The van der Waals surface area contributed by atoms with Crippen LogP contribution < -0.4 is 0 Å². The van der Waals surface area contributed by atoms with Crippen molar-refractivity contribution in [3.05, 3.63) is 0 Å². The van der Waals surface area contributed by atoms with Gasteiger partial charge in [-0.1, -0.05) is 45.6 Å². The summed E-state index contributed by atoms with van der Waals surface area (Å²) in [5.41, 5.74) is 0. The topological polar surface area (TPSA) is 49.7 Å². The van der Waals surface area contributed by atoms with Crippen molar-refractivity contribution in [2.24, 2.45) is 0 Å². The zero-order valence-electron chi connectivity index (χ0n) is 9.19. The molecular weight excluding hydrogens is 275 g/mol. The number of halogens is 1. The molecule has 0 aromatic heterocycles.